The van der Waals surface area contributed by atoms with Gasteiger partial charge in [0.05, 0.1) is 13.1 Å². The third-order valence-corrected chi connectivity index (χ3v) is 3.01. The van der Waals surface area contributed by atoms with Crippen LogP contribution in [0.25, 0.3) is 0 Å². The van der Waals surface area contributed by atoms with Gasteiger partial charge in [0.1, 0.15) is 0 Å². The van der Waals surface area contributed by atoms with E-state index in [1.54, 1.807) is 20.3 Å². The summed E-state index contributed by atoms with van der Waals surface area (Å²) in [5.41, 5.74) is 1.75. The number of hydrogen-bond donors (Lipinski definition) is 2. The Balaban J connectivity index is 1.83. The molecule has 2 rings (SSSR count). The zero-order valence-corrected chi connectivity index (χ0v) is 12.6. The predicted octanol–water partition coefficient (Wildman–Crippen LogP) is 1.14. The first-order chi connectivity index (χ1) is 10.5. The molecule has 3 amide bonds. The van der Waals surface area contributed by atoms with Gasteiger partial charge in [0, 0.05) is 32.2 Å². The van der Waals surface area contributed by atoms with Crippen molar-refractivity contribution in [3.63, 3.8) is 0 Å². The Hall–Kier alpha value is -2.83. The summed E-state index contributed by atoms with van der Waals surface area (Å²) < 4.78 is 1.82. The zero-order chi connectivity index (χ0) is 15.9. The third kappa shape index (κ3) is 4.62. The lowest BCUT2D eigenvalue weighted by atomic mass is 10.2. The Labute approximate surface area is 128 Å². The van der Waals surface area contributed by atoms with Crippen LogP contribution in [0.5, 0.6) is 0 Å². The second kappa shape index (κ2) is 7.26. The number of anilines is 1. The van der Waals surface area contributed by atoms with Crippen LogP contribution in [0.2, 0.25) is 0 Å². The molecule has 0 unspecified atom stereocenters. The Bertz CT molecular complexity index is 620. The maximum Gasteiger partial charge on any atom is 0.319 e. The van der Waals surface area contributed by atoms with E-state index in [1.165, 1.54) is 4.90 Å². The third-order valence-electron chi connectivity index (χ3n) is 3.01. The number of amides is 3. The second-order valence-corrected chi connectivity index (χ2v) is 5.00. The first-order valence-corrected chi connectivity index (χ1v) is 6.86. The number of likely N-dealkylation sites (N-methyl/N-ethyl adjacent to an activating group) is 1. The molecule has 0 aliphatic rings. The molecule has 0 bridgehead atoms. The number of aromatic nitrogens is 2. The molecule has 22 heavy (non-hydrogen) atoms. The Morgan fingerprint density at radius 1 is 1.23 bits per heavy atom. The van der Waals surface area contributed by atoms with Gasteiger partial charge in [-0.15, -0.1) is 0 Å². The van der Waals surface area contributed by atoms with Crippen molar-refractivity contribution in [1.29, 1.82) is 0 Å². The molecule has 0 saturated heterocycles. The van der Waals surface area contributed by atoms with Gasteiger partial charge < -0.3 is 15.5 Å². The molecular formula is C15H19N5O2. The fourth-order valence-corrected chi connectivity index (χ4v) is 1.76. The average molecular weight is 301 g/mol. The molecule has 0 saturated carbocycles. The van der Waals surface area contributed by atoms with E-state index in [-0.39, 0.29) is 12.5 Å². The highest BCUT2D eigenvalue weighted by Gasteiger charge is 2.07. The number of hydrogen-bond acceptors (Lipinski definition) is 3. The minimum atomic E-state index is -0.407. The Kier molecular flexibility index (Phi) is 5.13. The first-order valence-electron chi connectivity index (χ1n) is 6.86. The van der Waals surface area contributed by atoms with Crippen LogP contribution in [0.3, 0.4) is 0 Å². The summed E-state index contributed by atoms with van der Waals surface area (Å²) in [6.45, 7) is 0.646. The van der Waals surface area contributed by atoms with E-state index < -0.39 is 6.03 Å². The second-order valence-electron chi connectivity index (χ2n) is 5.00. The highest BCUT2D eigenvalue weighted by molar-refractivity contribution is 5.92. The van der Waals surface area contributed by atoms with E-state index in [9.17, 15) is 9.59 Å². The smallest absolute Gasteiger partial charge is 0.319 e. The van der Waals surface area contributed by atoms with E-state index >= 15 is 0 Å². The molecule has 1 aromatic heterocycles. The molecule has 0 aliphatic carbocycles. The van der Waals surface area contributed by atoms with Gasteiger partial charge in [-0.25, -0.2) is 4.79 Å². The van der Waals surface area contributed by atoms with Crippen LogP contribution in [-0.2, 0) is 11.3 Å². The molecule has 0 fully saturated rings. The summed E-state index contributed by atoms with van der Waals surface area (Å²) in [6.07, 6.45) is 3.62. The maximum atomic E-state index is 11.7. The van der Waals surface area contributed by atoms with Crippen molar-refractivity contribution in [2.75, 3.05) is 26.0 Å². The highest BCUT2D eigenvalue weighted by Crippen LogP contribution is 2.10. The van der Waals surface area contributed by atoms with Gasteiger partial charge in [-0.3, -0.25) is 9.48 Å². The van der Waals surface area contributed by atoms with Crippen LogP contribution in [0.15, 0.2) is 42.7 Å². The minimum absolute atomic E-state index is 0.0315. The molecule has 2 N–H and O–H groups in total. The molecule has 0 aliphatic heterocycles. The molecule has 0 atom stereocenters. The number of carbonyl (C=O) groups excluding carboxylic acids is 2. The van der Waals surface area contributed by atoms with Crippen molar-refractivity contribution in [1.82, 2.24) is 20.0 Å². The Morgan fingerprint density at radius 2 is 1.95 bits per heavy atom. The predicted molar refractivity (Wildman–Crippen MR) is 83.5 cm³/mol. The summed E-state index contributed by atoms with van der Waals surface area (Å²) in [6, 6.07) is 8.92. The van der Waals surface area contributed by atoms with Crippen LogP contribution in [-0.4, -0.2) is 47.3 Å². The molecule has 0 radical (unpaired) electrons. The van der Waals surface area contributed by atoms with Crippen LogP contribution < -0.4 is 10.6 Å². The van der Waals surface area contributed by atoms with E-state index in [0.29, 0.717) is 12.2 Å². The van der Waals surface area contributed by atoms with Crippen molar-refractivity contribution in [3.05, 3.63) is 48.3 Å². The van der Waals surface area contributed by atoms with Gasteiger partial charge in [-0.2, -0.15) is 5.10 Å². The van der Waals surface area contributed by atoms with Crippen LogP contribution >= 0.6 is 0 Å². The SMILES string of the molecule is CN(C)C(=O)CNC(=O)Nc1ccc(Cn2cccn2)cc1. The first kappa shape index (κ1) is 15.6. The number of nitrogens with one attached hydrogen (secondary N) is 2. The average Bonchev–Trinajstić information content (AvgIpc) is 2.99. The summed E-state index contributed by atoms with van der Waals surface area (Å²) in [5.74, 6) is -0.162. The van der Waals surface area contributed by atoms with Crippen LogP contribution in [0, 0.1) is 0 Å². The lowest BCUT2D eigenvalue weighted by molar-refractivity contribution is -0.127. The lowest BCUT2D eigenvalue weighted by Crippen LogP contribution is -2.38. The fourth-order valence-electron chi connectivity index (χ4n) is 1.76. The van der Waals surface area contributed by atoms with E-state index in [2.05, 4.69) is 15.7 Å². The number of urea groups is 1. The van der Waals surface area contributed by atoms with E-state index in [1.807, 2.05) is 41.2 Å². The topological polar surface area (TPSA) is 79.3 Å². The fraction of sp³-hybridized carbons (Fsp3) is 0.267. The van der Waals surface area contributed by atoms with Crippen molar-refractivity contribution >= 4 is 17.6 Å². The quantitative estimate of drug-likeness (QED) is 0.869. The highest BCUT2D eigenvalue weighted by atomic mass is 16.2. The Morgan fingerprint density at radius 3 is 2.55 bits per heavy atom. The summed E-state index contributed by atoms with van der Waals surface area (Å²) in [4.78, 5) is 24.5. The maximum absolute atomic E-state index is 11.7. The molecule has 0 spiro atoms. The van der Waals surface area contributed by atoms with Gasteiger partial charge in [0.25, 0.3) is 0 Å². The monoisotopic (exact) mass is 301 g/mol. The molecule has 1 aromatic carbocycles. The molecule has 1 heterocycles. The van der Waals surface area contributed by atoms with Gasteiger partial charge in [-0.05, 0) is 23.8 Å². The van der Waals surface area contributed by atoms with E-state index in [4.69, 9.17) is 0 Å². The number of benzene rings is 1. The van der Waals surface area contributed by atoms with Crippen molar-refractivity contribution in [3.8, 4) is 0 Å². The zero-order valence-electron chi connectivity index (χ0n) is 12.6. The van der Waals surface area contributed by atoms with Crippen molar-refractivity contribution in [2.45, 2.75) is 6.54 Å². The normalized spacial score (nSPS) is 10.1. The number of rotatable bonds is 5. The van der Waals surface area contributed by atoms with E-state index in [0.717, 1.165) is 5.56 Å². The lowest BCUT2D eigenvalue weighted by Gasteiger charge is -2.12. The van der Waals surface area contributed by atoms with Crippen molar-refractivity contribution < 1.29 is 9.59 Å². The number of nitrogens with zero attached hydrogens (tertiary/aromatic N) is 3. The molecular weight excluding hydrogens is 282 g/mol. The summed E-state index contributed by atoms with van der Waals surface area (Å²) >= 11 is 0. The van der Waals surface area contributed by atoms with Gasteiger partial charge >= 0.3 is 6.03 Å². The molecule has 7 nitrogen and oxygen atoms in total. The summed E-state index contributed by atoms with van der Waals surface area (Å²) in [5, 5.41) is 9.33. The standard InChI is InChI=1S/C15H19N5O2/c1-19(2)14(21)10-16-15(22)18-13-6-4-12(5-7-13)11-20-9-3-8-17-20/h3-9H,10-11H2,1-2H3,(H2,16,18,22). The van der Waals surface area contributed by atoms with Gasteiger partial charge in [0.2, 0.25) is 5.91 Å². The summed E-state index contributed by atoms with van der Waals surface area (Å²) in [7, 11) is 3.28. The van der Waals surface area contributed by atoms with Crippen LogP contribution in [0.1, 0.15) is 5.56 Å². The van der Waals surface area contributed by atoms with Crippen LogP contribution in [0.4, 0.5) is 10.5 Å². The largest absolute Gasteiger partial charge is 0.347 e. The molecule has 2 aromatic rings. The number of carbonyl (C=O) groups is 2. The van der Waals surface area contributed by atoms with Gasteiger partial charge in [0.15, 0.2) is 0 Å². The molecule has 7 heteroatoms. The van der Waals surface area contributed by atoms with Gasteiger partial charge in [-0.1, -0.05) is 12.1 Å². The minimum Gasteiger partial charge on any atom is -0.347 e. The van der Waals surface area contributed by atoms with Crippen molar-refractivity contribution in [2.24, 2.45) is 0 Å². The molecule has 116 valence electrons.